The van der Waals surface area contributed by atoms with E-state index >= 15 is 0 Å². The molecule has 0 amide bonds. The van der Waals surface area contributed by atoms with Crippen molar-refractivity contribution in [2.24, 2.45) is 0 Å². The Hall–Kier alpha value is 0.140. The van der Waals surface area contributed by atoms with Crippen LogP contribution in [0.25, 0.3) is 0 Å². The first-order valence-corrected chi connectivity index (χ1v) is 5.77. The number of nitrogens with one attached hydrogen (secondary N) is 1. The molecule has 0 saturated heterocycles. The van der Waals surface area contributed by atoms with Crippen molar-refractivity contribution in [3.05, 3.63) is 22.4 Å². The molecule has 0 spiro atoms. The van der Waals surface area contributed by atoms with Gasteiger partial charge in [0.2, 0.25) is 0 Å². The summed E-state index contributed by atoms with van der Waals surface area (Å²) >= 11 is 5.13. The molecule has 1 nitrogen and oxygen atoms in total. The van der Waals surface area contributed by atoms with Crippen molar-refractivity contribution < 1.29 is 0 Å². The third-order valence-corrected chi connectivity index (χ3v) is 2.57. The van der Waals surface area contributed by atoms with Crippen molar-refractivity contribution in [1.29, 1.82) is 0 Å². The molecule has 0 aromatic carbocycles. The summed E-state index contributed by atoms with van der Waals surface area (Å²) in [5.74, 6) is 0. The topological polar surface area (TPSA) is 12.0 Å². The highest BCUT2D eigenvalue weighted by molar-refractivity contribution is 9.09. The largest absolute Gasteiger partial charge is 0.316 e. The molecule has 1 aromatic heterocycles. The van der Waals surface area contributed by atoms with Gasteiger partial charge >= 0.3 is 0 Å². The van der Waals surface area contributed by atoms with Crippen molar-refractivity contribution in [1.82, 2.24) is 5.32 Å². The molecule has 1 rings (SSSR count). The average Bonchev–Trinajstić information content (AvgIpc) is 2.50. The second-order valence-electron chi connectivity index (χ2n) is 2.32. The highest BCUT2D eigenvalue weighted by atomic mass is 79.9. The molecule has 3 heteroatoms. The molecule has 0 aliphatic heterocycles. The minimum atomic E-state index is 1.04. The van der Waals surface area contributed by atoms with Gasteiger partial charge in [-0.3, -0.25) is 0 Å². The molecule has 0 aliphatic rings. The molecular formula is C8H12BrNS. The van der Waals surface area contributed by atoms with Crippen LogP contribution in [0.2, 0.25) is 0 Å². The molecule has 0 fully saturated rings. The number of thiophene rings is 1. The van der Waals surface area contributed by atoms with Crippen LogP contribution in [0.1, 0.15) is 5.56 Å². The standard InChI is InChI=1S/C8H12BrNS/c9-3-5-10-4-1-8-2-6-11-7-8/h2,6-7,10H,1,3-5H2. The maximum atomic E-state index is 3.37. The number of alkyl halides is 1. The smallest absolute Gasteiger partial charge is 0.0157 e. The lowest BCUT2D eigenvalue weighted by molar-refractivity contribution is 0.724. The third kappa shape index (κ3) is 3.89. The lowest BCUT2D eigenvalue weighted by Gasteiger charge is -1.99. The Labute approximate surface area is 79.9 Å². The Balaban J connectivity index is 2.04. The number of hydrogen-bond acceptors (Lipinski definition) is 2. The van der Waals surface area contributed by atoms with E-state index in [1.54, 1.807) is 11.3 Å². The van der Waals surface area contributed by atoms with Crippen LogP contribution in [0.15, 0.2) is 16.8 Å². The lowest BCUT2D eigenvalue weighted by Crippen LogP contribution is -2.18. The van der Waals surface area contributed by atoms with E-state index in [4.69, 9.17) is 0 Å². The predicted octanol–water partition coefficient (Wildman–Crippen LogP) is 2.28. The second kappa shape index (κ2) is 5.75. The Kier molecular flexibility index (Phi) is 4.82. The fourth-order valence-corrected chi connectivity index (χ4v) is 1.84. The van der Waals surface area contributed by atoms with Crippen LogP contribution in [0.5, 0.6) is 0 Å². The Bertz CT molecular complexity index is 174. The molecule has 0 bridgehead atoms. The monoisotopic (exact) mass is 233 g/mol. The molecule has 62 valence electrons. The van der Waals surface area contributed by atoms with E-state index in [-0.39, 0.29) is 0 Å². The van der Waals surface area contributed by atoms with Gasteiger partial charge in [0.1, 0.15) is 0 Å². The second-order valence-corrected chi connectivity index (χ2v) is 3.89. The van der Waals surface area contributed by atoms with Crippen LogP contribution >= 0.6 is 27.3 Å². The van der Waals surface area contributed by atoms with E-state index < -0.39 is 0 Å². The van der Waals surface area contributed by atoms with Crippen LogP contribution in [-0.2, 0) is 6.42 Å². The fraction of sp³-hybridized carbons (Fsp3) is 0.500. The quantitative estimate of drug-likeness (QED) is 0.608. The molecule has 1 aromatic rings. The summed E-state index contributed by atoms with van der Waals surface area (Å²) in [4.78, 5) is 0. The molecule has 1 heterocycles. The van der Waals surface area contributed by atoms with Crippen LogP contribution in [0.4, 0.5) is 0 Å². The van der Waals surface area contributed by atoms with Crippen LogP contribution in [0, 0.1) is 0 Å². The molecule has 0 unspecified atom stereocenters. The summed E-state index contributed by atoms with van der Waals surface area (Å²) in [5, 5.41) is 8.70. The van der Waals surface area contributed by atoms with Crippen molar-refractivity contribution >= 4 is 27.3 Å². The zero-order chi connectivity index (χ0) is 7.94. The fourth-order valence-electron chi connectivity index (χ4n) is 0.859. The average molecular weight is 234 g/mol. The molecule has 0 atom stereocenters. The van der Waals surface area contributed by atoms with Crippen LogP contribution in [0.3, 0.4) is 0 Å². The van der Waals surface area contributed by atoms with Gasteiger partial charge in [-0.05, 0) is 35.4 Å². The van der Waals surface area contributed by atoms with E-state index in [1.165, 1.54) is 5.56 Å². The molecular weight excluding hydrogens is 222 g/mol. The summed E-state index contributed by atoms with van der Waals surface area (Å²) in [7, 11) is 0. The first-order valence-electron chi connectivity index (χ1n) is 3.71. The van der Waals surface area contributed by atoms with Gasteiger partial charge in [0.25, 0.3) is 0 Å². The zero-order valence-electron chi connectivity index (χ0n) is 6.35. The highest BCUT2D eigenvalue weighted by Gasteiger charge is 1.91. The van der Waals surface area contributed by atoms with E-state index in [0.717, 1.165) is 24.8 Å². The van der Waals surface area contributed by atoms with Crippen molar-refractivity contribution in [3.8, 4) is 0 Å². The SMILES string of the molecule is BrCCNCCc1ccsc1. The minimum absolute atomic E-state index is 1.04. The highest BCUT2D eigenvalue weighted by Crippen LogP contribution is 2.05. The van der Waals surface area contributed by atoms with Gasteiger partial charge in [-0.1, -0.05) is 15.9 Å². The summed E-state index contributed by atoms with van der Waals surface area (Å²) in [6.45, 7) is 2.15. The number of rotatable bonds is 5. The lowest BCUT2D eigenvalue weighted by atomic mass is 10.2. The Morgan fingerprint density at radius 2 is 2.36 bits per heavy atom. The minimum Gasteiger partial charge on any atom is -0.316 e. The summed E-state index contributed by atoms with van der Waals surface area (Å²) in [6.07, 6.45) is 1.15. The van der Waals surface area contributed by atoms with E-state index in [0.29, 0.717) is 0 Å². The Morgan fingerprint density at radius 1 is 1.45 bits per heavy atom. The third-order valence-electron chi connectivity index (χ3n) is 1.44. The van der Waals surface area contributed by atoms with Gasteiger partial charge in [0.05, 0.1) is 0 Å². The summed E-state index contributed by atoms with van der Waals surface area (Å²) in [5.41, 5.74) is 1.44. The molecule has 0 radical (unpaired) electrons. The van der Waals surface area contributed by atoms with Gasteiger partial charge in [-0.15, -0.1) is 0 Å². The molecule has 0 saturated carbocycles. The first-order chi connectivity index (χ1) is 5.43. The number of halogens is 1. The van der Waals surface area contributed by atoms with Gasteiger partial charge in [-0.25, -0.2) is 0 Å². The van der Waals surface area contributed by atoms with Crippen LogP contribution < -0.4 is 5.32 Å². The van der Waals surface area contributed by atoms with Gasteiger partial charge < -0.3 is 5.32 Å². The maximum Gasteiger partial charge on any atom is 0.0157 e. The molecule has 1 N–H and O–H groups in total. The number of hydrogen-bond donors (Lipinski definition) is 1. The van der Waals surface area contributed by atoms with Gasteiger partial charge in [0.15, 0.2) is 0 Å². The molecule has 0 aliphatic carbocycles. The van der Waals surface area contributed by atoms with Crippen LogP contribution in [-0.4, -0.2) is 18.4 Å². The van der Waals surface area contributed by atoms with Crippen molar-refractivity contribution in [2.75, 3.05) is 18.4 Å². The predicted molar refractivity (Wildman–Crippen MR) is 54.7 cm³/mol. The van der Waals surface area contributed by atoms with E-state index in [1.807, 2.05) is 0 Å². The van der Waals surface area contributed by atoms with E-state index in [9.17, 15) is 0 Å². The first kappa shape index (κ1) is 9.23. The Morgan fingerprint density at radius 3 is 3.00 bits per heavy atom. The zero-order valence-corrected chi connectivity index (χ0v) is 8.75. The van der Waals surface area contributed by atoms with Gasteiger partial charge in [0, 0.05) is 11.9 Å². The summed E-state index contributed by atoms with van der Waals surface area (Å²) < 4.78 is 0. The van der Waals surface area contributed by atoms with Crippen molar-refractivity contribution in [3.63, 3.8) is 0 Å². The van der Waals surface area contributed by atoms with Gasteiger partial charge in [-0.2, -0.15) is 11.3 Å². The normalized spacial score (nSPS) is 10.3. The molecule has 11 heavy (non-hydrogen) atoms. The maximum absolute atomic E-state index is 3.37. The van der Waals surface area contributed by atoms with Crippen molar-refractivity contribution in [2.45, 2.75) is 6.42 Å². The van der Waals surface area contributed by atoms with E-state index in [2.05, 4.69) is 38.1 Å². The summed E-state index contributed by atoms with van der Waals surface area (Å²) in [6, 6.07) is 2.18.